The van der Waals surface area contributed by atoms with Gasteiger partial charge in [0, 0.05) is 37.5 Å². The largest absolute Gasteiger partial charge is 0.311 e. The Kier molecular flexibility index (Phi) is 7.08. The minimum atomic E-state index is -0.0989. The van der Waals surface area contributed by atoms with E-state index in [1.807, 2.05) is 11.3 Å². The molecule has 0 saturated carbocycles. The number of nitrogens with zero attached hydrogens (tertiary/aromatic N) is 2. The average molecular weight is 739 g/mol. The topological polar surface area (TPSA) is 6.48 Å². The molecule has 0 aliphatic carbocycles. The number of hydrogen-bond acceptors (Lipinski definition) is 3. The molecule has 2 nitrogen and oxygen atoms in total. The van der Waals surface area contributed by atoms with Gasteiger partial charge in [-0.05, 0) is 120 Å². The van der Waals surface area contributed by atoms with E-state index in [1.165, 1.54) is 103 Å². The molecule has 0 radical (unpaired) electrons. The van der Waals surface area contributed by atoms with E-state index in [9.17, 15) is 0 Å². The fraction of sp³-hybridized carbons (Fsp3) is 0.154. The molecule has 56 heavy (non-hydrogen) atoms. The maximum absolute atomic E-state index is 2.62. The molecule has 1 aromatic heterocycles. The Morgan fingerprint density at radius 1 is 0.411 bits per heavy atom. The number of thiophene rings is 1. The van der Waals surface area contributed by atoms with Crippen molar-refractivity contribution < 1.29 is 0 Å². The van der Waals surface area contributed by atoms with Crippen LogP contribution in [0.4, 0.5) is 34.1 Å². The van der Waals surface area contributed by atoms with Gasteiger partial charge >= 0.3 is 0 Å². The lowest BCUT2D eigenvalue weighted by Gasteiger charge is -2.45. The van der Waals surface area contributed by atoms with E-state index >= 15 is 0 Å². The van der Waals surface area contributed by atoms with Crippen LogP contribution < -0.4 is 26.2 Å². The fourth-order valence-corrected chi connectivity index (χ4v) is 11.0. The van der Waals surface area contributed by atoms with Crippen molar-refractivity contribution in [3.63, 3.8) is 0 Å². The van der Waals surface area contributed by atoms with Gasteiger partial charge in [0.1, 0.15) is 0 Å². The maximum Gasteiger partial charge on any atom is 0.254 e. The Bertz CT molecular complexity index is 3070. The number of rotatable bonds is 2. The highest BCUT2D eigenvalue weighted by Crippen LogP contribution is 2.50. The Labute approximate surface area is 333 Å². The van der Waals surface area contributed by atoms with Gasteiger partial charge in [-0.2, -0.15) is 0 Å². The van der Waals surface area contributed by atoms with Gasteiger partial charge in [-0.1, -0.05) is 139 Å². The summed E-state index contributed by atoms with van der Waals surface area (Å²) >= 11 is 1.95. The summed E-state index contributed by atoms with van der Waals surface area (Å²) in [5.41, 5.74) is 14.1. The second kappa shape index (κ2) is 11.8. The number of fused-ring (bicyclic) bond motifs is 10. The molecule has 11 rings (SSSR count). The third-order valence-corrected chi connectivity index (χ3v) is 13.5. The Morgan fingerprint density at radius 2 is 0.893 bits per heavy atom. The Morgan fingerprint density at radius 3 is 1.50 bits per heavy atom. The lowest BCUT2D eigenvalue weighted by molar-refractivity contribution is 0.591. The van der Waals surface area contributed by atoms with E-state index in [-0.39, 0.29) is 17.5 Å². The summed E-state index contributed by atoms with van der Waals surface area (Å²) in [6.07, 6.45) is 0. The van der Waals surface area contributed by atoms with Crippen molar-refractivity contribution in [1.29, 1.82) is 0 Å². The zero-order valence-electron chi connectivity index (χ0n) is 32.8. The molecule has 0 N–H and O–H groups in total. The molecular weight excluding hydrogens is 695 g/mol. The molecule has 0 saturated heterocycles. The third kappa shape index (κ3) is 4.82. The van der Waals surface area contributed by atoms with Crippen LogP contribution in [-0.2, 0) is 10.8 Å². The summed E-state index contributed by atoms with van der Waals surface area (Å²) in [4.78, 5) is 5.22. The van der Waals surface area contributed by atoms with Crippen molar-refractivity contribution in [1.82, 2.24) is 0 Å². The van der Waals surface area contributed by atoms with Gasteiger partial charge in [0.25, 0.3) is 6.71 Å². The molecule has 0 bridgehead atoms. The monoisotopic (exact) mass is 738 g/mol. The van der Waals surface area contributed by atoms with E-state index in [0.29, 0.717) is 0 Å². The number of benzene rings is 8. The molecule has 4 heteroatoms. The molecular formula is C52H43BN2S. The highest BCUT2D eigenvalue weighted by atomic mass is 32.1. The predicted octanol–water partition coefficient (Wildman–Crippen LogP) is 13.0. The molecule has 9 aromatic rings. The quantitative estimate of drug-likeness (QED) is 0.163. The van der Waals surface area contributed by atoms with Gasteiger partial charge in [-0.3, -0.25) is 0 Å². The molecule has 0 fully saturated rings. The van der Waals surface area contributed by atoms with E-state index in [1.54, 1.807) is 0 Å². The van der Waals surface area contributed by atoms with E-state index in [0.717, 1.165) is 0 Å². The highest BCUT2D eigenvalue weighted by Gasteiger charge is 2.45. The predicted molar refractivity (Wildman–Crippen MR) is 246 cm³/mol. The first-order chi connectivity index (χ1) is 27.1. The molecule has 0 atom stereocenters. The maximum atomic E-state index is 2.62. The van der Waals surface area contributed by atoms with Gasteiger partial charge in [-0.25, -0.2) is 0 Å². The van der Waals surface area contributed by atoms with E-state index in [4.69, 9.17) is 0 Å². The van der Waals surface area contributed by atoms with Crippen LogP contribution in [0.1, 0.15) is 52.7 Å². The molecule has 8 aromatic carbocycles. The second-order valence-electron chi connectivity index (χ2n) is 17.8. The number of para-hydroxylation sites is 1. The summed E-state index contributed by atoms with van der Waals surface area (Å²) in [5.74, 6) is 0. The third-order valence-electron chi connectivity index (χ3n) is 12.2. The normalized spacial score (nSPS) is 13.8. The molecule has 2 aliphatic rings. The standard InChI is InChI=1S/C52H43BN2S/c1-51(2,3)38-28-32-16-7-9-18-34(32)30-45(38)54-41-22-13-12-21-40(41)53-48-42(54)23-15-24-43(48)55(46-31-35-19-10-8-17-33(35)29-39(46)52(4,5)6)44-27-26-37-36-20-11-14-25-47(36)56-50(37)49(44)53/h7-31H,1-6H3. The molecule has 0 amide bonds. The van der Waals surface area contributed by atoms with Crippen molar-refractivity contribution >= 4 is 110 Å². The van der Waals surface area contributed by atoms with Crippen LogP contribution in [0.15, 0.2) is 152 Å². The Hall–Kier alpha value is -5.84. The van der Waals surface area contributed by atoms with Crippen molar-refractivity contribution in [2.45, 2.75) is 52.4 Å². The van der Waals surface area contributed by atoms with Crippen LogP contribution in [0.5, 0.6) is 0 Å². The molecule has 2 aliphatic heterocycles. The first kappa shape index (κ1) is 33.5. The lowest BCUT2D eigenvalue weighted by Crippen LogP contribution is -2.61. The summed E-state index contributed by atoms with van der Waals surface area (Å²) in [5, 5.41) is 7.73. The summed E-state index contributed by atoms with van der Waals surface area (Å²) in [6, 6.07) is 57.4. The van der Waals surface area contributed by atoms with Crippen LogP contribution in [0.2, 0.25) is 0 Å². The van der Waals surface area contributed by atoms with Crippen molar-refractivity contribution in [2.75, 3.05) is 9.80 Å². The van der Waals surface area contributed by atoms with Crippen LogP contribution in [-0.4, -0.2) is 6.71 Å². The lowest BCUT2D eigenvalue weighted by atomic mass is 9.33. The first-order valence-electron chi connectivity index (χ1n) is 19.9. The first-order valence-corrected chi connectivity index (χ1v) is 20.7. The van der Waals surface area contributed by atoms with Gasteiger partial charge in [-0.15, -0.1) is 11.3 Å². The molecule has 3 heterocycles. The minimum Gasteiger partial charge on any atom is -0.311 e. The Balaban J connectivity index is 1.29. The van der Waals surface area contributed by atoms with Crippen LogP contribution in [0.25, 0.3) is 41.7 Å². The molecule has 270 valence electrons. The fourth-order valence-electron chi connectivity index (χ4n) is 9.70. The molecule has 0 unspecified atom stereocenters. The van der Waals surface area contributed by atoms with Gasteiger partial charge < -0.3 is 9.80 Å². The van der Waals surface area contributed by atoms with Crippen molar-refractivity contribution in [3.8, 4) is 0 Å². The summed E-state index contributed by atoms with van der Waals surface area (Å²) in [7, 11) is 0. The van der Waals surface area contributed by atoms with Gasteiger partial charge in [0.15, 0.2) is 0 Å². The SMILES string of the molecule is CC(C)(C)c1cc2ccccc2cc1N1c2ccccc2B2c3c1cccc3N(c1cc3ccccc3cc1C(C)(C)C)c1ccc3c(sc4ccccc43)c12. The van der Waals surface area contributed by atoms with E-state index in [2.05, 4.69) is 203 Å². The smallest absolute Gasteiger partial charge is 0.254 e. The van der Waals surface area contributed by atoms with Crippen LogP contribution in [0.3, 0.4) is 0 Å². The van der Waals surface area contributed by atoms with Crippen LogP contribution in [0, 0.1) is 0 Å². The van der Waals surface area contributed by atoms with Gasteiger partial charge in [0.05, 0.1) is 11.4 Å². The van der Waals surface area contributed by atoms with E-state index < -0.39 is 0 Å². The average Bonchev–Trinajstić information content (AvgIpc) is 3.58. The molecule has 0 spiro atoms. The zero-order chi connectivity index (χ0) is 38.1. The number of hydrogen-bond donors (Lipinski definition) is 0. The minimum absolute atomic E-state index is 0.0498. The second-order valence-corrected chi connectivity index (χ2v) is 18.8. The van der Waals surface area contributed by atoms with Crippen LogP contribution >= 0.6 is 11.3 Å². The summed E-state index contributed by atoms with van der Waals surface area (Å²) in [6.45, 7) is 14.2. The van der Waals surface area contributed by atoms with Gasteiger partial charge in [0.2, 0.25) is 0 Å². The van der Waals surface area contributed by atoms with Crippen molar-refractivity contribution in [2.24, 2.45) is 0 Å². The summed E-state index contributed by atoms with van der Waals surface area (Å²) < 4.78 is 2.71. The highest BCUT2D eigenvalue weighted by molar-refractivity contribution is 7.28. The zero-order valence-corrected chi connectivity index (χ0v) is 33.6. The number of anilines is 6. The van der Waals surface area contributed by atoms with Crippen molar-refractivity contribution in [3.05, 3.63) is 163 Å².